The van der Waals surface area contributed by atoms with Gasteiger partial charge in [0.05, 0.1) is 0 Å². The smallest absolute Gasteiger partial charge is 0.205 e. The Morgan fingerprint density at radius 2 is 1.73 bits per heavy atom. The first-order valence-electron chi connectivity index (χ1n) is 3.22. The summed E-state index contributed by atoms with van der Waals surface area (Å²) in [7, 11) is 0. The predicted molar refractivity (Wildman–Crippen MR) is 44.1 cm³/mol. The van der Waals surface area contributed by atoms with Crippen LogP contribution in [0.25, 0.3) is 0 Å². The molecule has 0 aromatic heterocycles. The number of hydrogen-bond donors (Lipinski definition) is 1. The summed E-state index contributed by atoms with van der Waals surface area (Å²) >= 11 is 4.01. The molecular weight excluding hydrogens is 166 g/mol. The molecule has 0 spiro atoms. The quantitative estimate of drug-likeness (QED) is 0.654. The maximum Gasteiger partial charge on any atom is 0.263 e. The lowest BCUT2D eigenvalue weighted by molar-refractivity contribution is 0.151. The molecule has 0 heterocycles. The van der Waals surface area contributed by atoms with Gasteiger partial charge in [0.2, 0.25) is 0 Å². The van der Waals surface area contributed by atoms with Crippen LogP contribution >= 0.6 is 12.6 Å². The molecule has 0 atom stereocenters. The number of hydrogen-bond acceptors (Lipinski definition) is 1. The number of thiol groups is 1. The lowest BCUT2D eigenvalue weighted by Crippen LogP contribution is -1.84. The number of rotatable bonds is 2. The van der Waals surface area contributed by atoms with Crippen molar-refractivity contribution < 1.29 is 8.78 Å². The predicted octanol–water partition coefficient (Wildman–Crippen LogP) is 3.05. The van der Waals surface area contributed by atoms with E-state index in [2.05, 4.69) is 12.6 Å². The molecule has 60 valence electrons. The molecule has 1 aromatic carbocycles. The lowest BCUT2D eigenvalue weighted by Gasteiger charge is -1.99. The van der Waals surface area contributed by atoms with Crippen LogP contribution in [0.1, 0.15) is 17.6 Å². The highest BCUT2D eigenvalue weighted by Gasteiger charge is 2.04. The zero-order valence-corrected chi connectivity index (χ0v) is 6.69. The Kier molecular flexibility index (Phi) is 2.88. The van der Waals surface area contributed by atoms with E-state index >= 15 is 0 Å². The maximum atomic E-state index is 12.0. The first-order chi connectivity index (χ1) is 5.24. The second-order valence-electron chi connectivity index (χ2n) is 2.20. The van der Waals surface area contributed by atoms with Crippen molar-refractivity contribution in [3.05, 3.63) is 35.4 Å². The summed E-state index contributed by atoms with van der Waals surface area (Å²) < 4.78 is 24.0. The normalized spacial score (nSPS) is 10.5. The van der Waals surface area contributed by atoms with Gasteiger partial charge in [0.25, 0.3) is 6.43 Å². The van der Waals surface area contributed by atoms with Gasteiger partial charge in [0.15, 0.2) is 0 Å². The molecule has 0 amide bonds. The highest BCUT2D eigenvalue weighted by atomic mass is 32.1. The second-order valence-corrected chi connectivity index (χ2v) is 2.52. The highest BCUT2D eigenvalue weighted by Crippen LogP contribution is 2.18. The molecule has 0 aliphatic carbocycles. The lowest BCUT2D eigenvalue weighted by atomic mass is 10.2. The molecule has 0 radical (unpaired) electrons. The van der Waals surface area contributed by atoms with Gasteiger partial charge in [-0.3, -0.25) is 0 Å². The van der Waals surface area contributed by atoms with Crippen LogP contribution in [-0.4, -0.2) is 0 Å². The summed E-state index contributed by atoms with van der Waals surface area (Å²) in [6, 6.07) is 6.18. The Morgan fingerprint density at radius 1 is 1.18 bits per heavy atom. The van der Waals surface area contributed by atoms with Gasteiger partial charge in [-0.25, -0.2) is 8.78 Å². The average molecular weight is 174 g/mol. The average Bonchev–Trinajstić information content (AvgIpc) is 2.05. The third-order valence-electron chi connectivity index (χ3n) is 1.41. The summed E-state index contributed by atoms with van der Waals surface area (Å²) in [4.78, 5) is 0. The van der Waals surface area contributed by atoms with E-state index in [1.54, 1.807) is 12.1 Å². The highest BCUT2D eigenvalue weighted by molar-refractivity contribution is 7.79. The molecule has 0 fully saturated rings. The molecule has 1 rings (SSSR count). The fourth-order valence-corrected chi connectivity index (χ4v) is 0.979. The van der Waals surface area contributed by atoms with Gasteiger partial charge in [-0.15, -0.1) is 0 Å². The minimum atomic E-state index is -2.37. The van der Waals surface area contributed by atoms with Crippen molar-refractivity contribution >= 4 is 12.6 Å². The van der Waals surface area contributed by atoms with Crippen molar-refractivity contribution in [1.29, 1.82) is 0 Å². The molecule has 0 unspecified atom stereocenters. The topological polar surface area (TPSA) is 0 Å². The Morgan fingerprint density at radius 3 is 2.09 bits per heavy atom. The van der Waals surface area contributed by atoms with Gasteiger partial charge in [-0.1, -0.05) is 24.3 Å². The van der Waals surface area contributed by atoms with Crippen LogP contribution in [0, 0.1) is 0 Å². The van der Waals surface area contributed by atoms with Gasteiger partial charge >= 0.3 is 0 Å². The van der Waals surface area contributed by atoms with Crippen LogP contribution in [-0.2, 0) is 5.75 Å². The van der Waals surface area contributed by atoms with Crippen molar-refractivity contribution in [2.45, 2.75) is 12.2 Å². The number of alkyl halides is 2. The number of benzene rings is 1. The van der Waals surface area contributed by atoms with Gasteiger partial charge in [-0.05, 0) is 5.56 Å². The third-order valence-corrected chi connectivity index (χ3v) is 1.78. The first-order valence-corrected chi connectivity index (χ1v) is 3.85. The molecule has 0 saturated carbocycles. The Labute approximate surface area is 69.6 Å². The monoisotopic (exact) mass is 174 g/mol. The summed E-state index contributed by atoms with van der Waals surface area (Å²) in [6.07, 6.45) is -2.37. The minimum Gasteiger partial charge on any atom is -0.205 e. The van der Waals surface area contributed by atoms with Crippen molar-refractivity contribution in [2.75, 3.05) is 0 Å². The molecule has 0 N–H and O–H groups in total. The van der Waals surface area contributed by atoms with Crippen molar-refractivity contribution in [3.63, 3.8) is 0 Å². The molecule has 0 nitrogen and oxygen atoms in total. The van der Waals surface area contributed by atoms with E-state index in [-0.39, 0.29) is 5.56 Å². The van der Waals surface area contributed by atoms with E-state index in [1.165, 1.54) is 12.1 Å². The van der Waals surface area contributed by atoms with Crippen LogP contribution in [0.15, 0.2) is 24.3 Å². The van der Waals surface area contributed by atoms with E-state index in [4.69, 9.17) is 0 Å². The largest absolute Gasteiger partial charge is 0.263 e. The van der Waals surface area contributed by atoms with Crippen LogP contribution in [0.2, 0.25) is 0 Å². The molecule has 1 aromatic rings. The Balaban J connectivity index is 2.83. The van der Waals surface area contributed by atoms with Crippen molar-refractivity contribution in [1.82, 2.24) is 0 Å². The van der Waals surface area contributed by atoms with Crippen LogP contribution in [0.5, 0.6) is 0 Å². The zero-order chi connectivity index (χ0) is 8.27. The molecule has 0 bridgehead atoms. The first kappa shape index (κ1) is 8.53. The third kappa shape index (κ3) is 2.19. The molecule has 3 heteroatoms. The molecule has 0 aliphatic heterocycles. The fourth-order valence-electron chi connectivity index (χ4n) is 0.769. The molecule has 0 aliphatic rings. The second kappa shape index (κ2) is 3.72. The van der Waals surface area contributed by atoms with E-state index < -0.39 is 6.43 Å². The van der Waals surface area contributed by atoms with Gasteiger partial charge in [0, 0.05) is 11.3 Å². The van der Waals surface area contributed by atoms with Crippen molar-refractivity contribution in [2.24, 2.45) is 0 Å². The van der Waals surface area contributed by atoms with Gasteiger partial charge in [0.1, 0.15) is 0 Å². The SMILES string of the molecule is FC(F)c1ccc(CS)cc1. The number of halogens is 2. The Hall–Kier alpha value is -0.570. The zero-order valence-electron chi connectivity index (χ0n) is 5.80. The van der Waals surface area contributed by atoms with Crippen LogP contribution < -0.4 is 0 Å². The standard InChI is InChI=1S/C8H8F2S/c9-8(10)7-3-1-6(5-11)2-4-7/h1-4,8,11H,5H2. The van der Waals surface area contributed by atoms with E-state index in [9.17, 15) is 8.78 Å². The molecular formula is C8H8F2S. The van der Waals surface area contributed by atoms with Gasteiger partial charge < -0.3 is 0 Å². The summed E-state index contributed by atoms with van der Waals surface area (Å²) in [6.45, 7) is 0. The van der Waals surface area contributed by atoms with E-state index in [0.29, 0.717) is 5.75 Å². The summed E-state index contributed by atoms with van der Waals surface area (Å²) in [5, 5.41) is 0. The summed E-state index contributed by atoms with van der Waals surface area (Å²) in [5.41, 5.74) is 1.02. The molecule has 11 heavy (non-hydrogen) atoms. The van der Waals surface area contributed by atoms with Crippen LogP contribution in [0.4, 0.5) is 8.78 Å². The van der Waals surface area contributed by atoms with Gasteiger partial charge in [-0.2, -0.15) is 12.6 Å². The minimum absolute atomic E-state index is 0.0653. The maximum absolute atomic E-state index is 12.0. The van der Waals surface area contributed by atoms with E-state index in [1.807, 2.05) is 0 Å². The Bertz CT molecular complexity index is 218. The van der Waals surface area contributed by atoms with Crippen molar-refractivity contribution in [3.8, 4) is 0 Å². The summed E-state index contributed by atoms with van der Waals surface area (Å²) in [5.74, 6) is 0.587. The molecule has 0 saturated heterocycles. The van der Waals surface area contributed by atoms with E-state index in [0.717, 1.165) is 5.56 Å². The fraction of sp³-hybridized carbons (Fsp3) is 0.250. The van der Waals surface area contributed by atoms with Crippen LogP contribution in [0.3, 0.4) is 0 Å².